The average molecular weight is 619 g/mol. The molecule has 3 aromatic heterocycles. The van der Waals surface area contributed by atoms with Crippen LogP contribution in [0.5, 0.6) is 0 Å². The molecule has 0 saturated heterocycles. The SMILES string of the molecule is c1ccc(-c2nc3cc4c(oc5ccccc54)c(N(c4ccccc4)c4ccc(-c5cccc6c5oc5ccccc56)cc4)c3o2)cc1. The first-order valence-corrected chi connectivity index (χ1v) is 16.0. The maximum atomic E-state index is 6.66. The fourth-order valence-electron chi connectivity index (χ4n) is 6.88. The Morgan fingerprint density at radius 2 is 1.02 bits per heavy atom. The Hall–Kier alpha value is -6.59. The molecule has 0 aliphatic rings. The maximum absolute atomic E-state index is 6.66. The van der Waals surface area contributed by atoms with Gasteiger partial charge in [-0.15, -0.1) is 0 Å². The summed E-state index contributed by atoms with van der Waals surface area (Å²) in [6.45, 7) is 0. The Bertz CT molecular complexity index is 2770. The van der Waals surface area contributed by atoms with Gasteiger partial charge in [0, 0.05) is 44.0 Å². The number of anilines is 3. The summed E-state index contributed by atoms with van der Waals surface area (Å²) >= 11 is 0. The third kappa shape index (κ3) is 4.08. The highest BCUT2D eigenvalue weighted by Gasteiger charge is 2.26. The van der Waals surface area contributed by atoms with E-state index < -0.39 is 0 Å². The zero-order valence-electron chi connectivity index (χ0n) is 25.6. The predicted molar refractivity (Wildman–Crippen MR) is 194 cm³/mol. The number of aromatic nitrogens is 1. The van der Waals surface area contributed by atoms with Gasteiger partial charge in [0.15, 0.2) is 11.2 Å². The maximum Gasteiger partial charge on any atom is 0.227 e. The summed E-state index contributed by atoms with van der Waals surface area (Å²) in [4.78, 5) is 7.21. The number of hydrogen-bond acceptors (Lipinski definition) is 5. The van der Waals surface area contributed by atoms with E-state index in [-0.39, 0.29) is 0 Å². The second-order valence-electron chi connectivity index (χ2n) is 11.9. The molecule has 10 aromatic rings. The fraction of sp³-hybridized carbons (Fsp3) is 0. The van der Waals surface area contributed by atoms with Crippen LogP contribution in [0.25, 0.3) is 77.6 Å². The van der Waals surface area contributed by atoms with Crippen molar-refractivity contribution in [2.24, 2.45) is 0 Å². The Morgan fingerprint density at radius 1 is 0.417 bits per heavy atom. The summed E-state index contributed by atoms with van der Waals surface area (Å²) in [6.07, 6.45) is 0. The lowest BCUT2D eigenvalue weighted by molar-refractivity contribution is 0.618. The molecule has 7 aromatic carbocycles. The number of fused-ring (bicyclic) bond motifs is 7. The average Bonchev–Trinajstić information content (AvgIpc) is 3.86. The van der Waals surface area contributed by atoms with E-state index in [0.717, 1.165) is 83.1 Å². The molecule has 5 nitrogen and oxygen atoms in total. The Kier molecular flexibility index (Phi) is 5.81. The first-order valence-electron chi connectivity index (χ1n) is 16.0. The van der Waals surface area contributed by atoms with Crippen LogP contribution in [-0.4, -0.2) is 4.98 Å². The highest BCUT2D eigenvalue weighted by Crippen LogP contribution is 2.47. The van der Waals surface area contributed by atoms with Crippen LogP contribution < -0.4 is 4.90 Å². The number of oxazole rings is 1. The van der Waals surface area contributed by atoms with Crippen molar-refractivity contribution >= 4 is 72.0 Å². The van der Waals surface area contributed by atoms with Gasteiger partial charge in [0.2, 0.25) is 5.89 Å². The van der Waals surface area contributed by atoms with Crippen LogP contribution in [0.1, 0.15) is 0 Å². The molecule has 3 heterocycles. The molecule has 0 N–H and O–H groups in total. The Balaban J connectivity index is 1.21. The summed E-state index contributed by atoms with van der Waals surface area (Å²) < 4.78 is 19.7. The molecule has 0 fully saturated rings. The van der Waals surface area contributed by atoms with Gasteiger partial charge in [0.25, 0.3) is 0 Å². The Morgan fingerprint density at radius 3 is 1.77 bits per heavy atom. The van der Waals surface area contributed by atoms with E-state index in [4.69, 9.17) is 18.2 Å². The first kappa shape index (κ1) is 26.6. The van der Waals surface area contributed by atoms with Crippen LogP contribution in [0.4, 0.5) is 17.1 Å². The van der Waals surface area contributed by atoms with Gasteiger partial charge < -0.3 is 18.2 Å². The van der Waals surface area contributed by atoms with Crippen molar-refractivity contribution in [1.82, 2.24) is 4.98 Å². The van der Waals surface area contributed by atoms with Crippen LogP contribution >= 0.6 is 0 Å². The summed E-state index contributed by atoms with van der Waals surface area (Å²) in [6, 6.07) is 53.7. The first-order chi connectivity index (χ1) is 23.8. The lowest BCUT2D eigenvalue weighted by atomic mass is 10.0. The smallest absolute Gasteiger partial charge is 0.227 e. The molecule has 0 saturated carbocycles. The minimum absolute atomic E-state index is 0.561. The van der Waals surface area contributed by atoms with Crippen molar-refractivity contribution in [3.63, 3.8) is 0 Å². The second kappa shape index (κ2) is 10.5. The number of benzene rings is 7. The number of para-hydroxylation sites is 4. The van der Waals surface area contributed by atoms with Crippen LogP contribution in [0.2, 0.25) is 0 Å². The molecule has 0 amide bonds. The van der Waals surface area contributed by atoms with Gasteiger partial charge >= 0.3 is 0 Å². The molecule has 0 aliphatic heterocycles. The Labute approximate surface area is 274 Å². The van der Waals surface area contributed by atoms with E-state index in [1.165, 1.54) is 0 Å². The van der Waals surface area contributed by atoms with Gasteiger partial charge in [0.1, 0.15) is 28.0 Å². The third-order valence-corrected chi connectivity index (χ3v) is 9.10. The quantitative estimate of drug-likeness (QED) is 0.192. The predicted octanol–water partition coefficient (Wildman–Crippen LogP) is 12.4. The summed E-state index contributed by atoms with van der Waals surface area (Å²) in [7, 11) is 0. The van der Waals surface area contributed by atoms with E-state index in [9.17, 15) is 0 Å². The summed E-state index contributed by atoms with van der Waals surface area (Å²) in [5.41, 5.74) is 10.5. The van der Waals surface area contributed by atoms with Gasteiger partial charge in [0.05, 0.1) is 0 Å². The van der Waals surface area contributed by atoms with Gasteiger partial charge in [-0.2, -0.15) is 0 Å². The van der Waals surface area contributed by atoms with E-state index >= 15 is 0 Å². The molecular formula is C43H26N2O3. The topological polar surface area (TPSA) is 55.6 Å². The van der Waals surface area contributed by atoms with Crippen molar-refractivity contribution in [2.75, 3.05) is 4.90 Å². The molecule has 0 spiro atoms. The van der Waals surface area contributed by atoms with Crippen molar-refractivity contribution < 1.29 is 13.3 Å². The molecule has 5 heteroatoms. The van der Waals surface area contributed by atoms with E-state index in [2.05, 4.69) is 77.7 Å². The van der Waals surface area contributed by atoms with Crippen molar-refractivity contribution in [3.8, 4) is 22.6 Å². The number of nitrogens with zero attached hydrogens (tertiary/aromatic N) is 2. The highest BCUT2D eigenvalue weighted by molar-refractivity contribution is 6.17. The fourth-order valence-corrected chi connectivity index (χ4v) is 6.88. The van der Waals surface area contributed by atoms with Crippen molar-refractivity contribution in [3.05, 3.63) is 158 Å². The molecular weight excluding hydrogens is 592 g/mol. The number of furan rings is 2. The summed E-state index contributed by atoms with van der Waals surface area (Å²) in [5, 5.41) is 4.24. The van der Waals surface area contributed by atoms with Crippen LogP contribution in [-0.2, 0) is 0 Å². The second-order valence-corrected chi connectivity index (χ2v) is 11.9. The van der Waals surface area contributed by atoms with Crippen molar-refractivity contribution in [2.45, 2.75) is 0 Å². The number of hydrogen-bond donors (Lipinski definition) is 0. The van der Waals surface area contributed by atoms with Crippen molar-refractivity contribution in [1.29, 1.82) is 0 Å². The lowest BCUT2D eigenvalue weighted by Gasteiger charge is -2.25. The third-order valence-electron chi connectivity index (χ3n) is 9.10. The molecule has 0 unspecified atom stereocenters. The van der Waals surface area contributed by atoms with Crippen LogP contribution in [0.3, 0.4) is 0 Å². The molecule has 10 rings (SSSR count). The van der Waals surface area contributed by atoms with Gasteiger partial charge in [-0.3, -0.25) is 0 Å². The summed E-state index contributed by atoms with van der Waals surface area (Å²) in [5.74, 6) is 0.561. The largest absolute Gasteiger partial charge is 0.455 e. The standard InChI is InChI=1S/C43H26N2O3/c1-3-12-28(13-4-1)43-44-36-26-35-33-17-8-10-21-38(33)47-41(35)39(42(36)48-43)45(29-14-5-2-6-15-29)30-24-22-27(23-25-30)31-18-11-19-34-32-16-7-9-20-37(32)46-40(31)34/h1-26H. The zero-order valence-corrected chi connectivity index (χ0v) is 25.6. The minimum atomic E-state index is 0.561. The minimum Gasteiger partial charge on any atom is -0.455 e. The van der Waals surface area contributed by atoms with Crippen LogP contribution in [0.15, 0.2) is 171 Å². The van der Waals surface area contributed by atoms with E-state index in [0.29, 0.717) is 11.5 Å². The monoisotopic (exact) mass is 618 g/mol. The molecule has 226 valence electrons. The van der Waals surface area contributed by atoms with Gasteiger partial charge in [-0.05, 0) is 60.2 Å². The molecule has 0 radical (unpaired) electrons. The molecule has 0 aliphatic carbocycles. The van der Waals surface area contributed by atoms with Gasteiger partial charge in [-0.25, -0.2) is 4.98 Å². The lowest BCUT2D eigenvalue weighted by Crippen LogP contribution is -2.10. The molecule has 0 atom stereocenters. The normalized spacial score (nSPS) is 11.8. The molecule has 0 bridgehead atoms. The van der Waals surface area contributed by atoms with E-state index in [1.807, 2.05) is 84.9 Å². The van der Waals surface area contributed by atoms with Crippen LogP contribution in [0, 0.1) is 0 Å². The highest BCUT2D eigenvalue weighted by atomic mass is 16.4. The van der Waals surface area contributed by atoms with Gasteiger partial charge in [-0.1, -0.05) is 103 Å². The van der Waals surface area contributed by atoms with E-state index in [1.54, 1.807) is 0 Å². The number of rotatable bonds is 5. The molecule has 48 heavy (non-hydrogen) atoms. The zero-order chi connectivity index (χ0) is 31.6.